The van der Waals surface area contributed by atoms with Crippen molar-refractivity contribution in [2.24, 2.45) is 5.41 Å². The molecule has 0 aliphatic rings. The van der Waals surface area contributed by atoms with E-state index in [1.807, 2.05) is 6.92 Å². The topological polar surface area (TPSA) is 38.7 Å². The lowest BCUT2D eigenvalue weighted by molar-refractivity contribution is -0.112. The van der Waals surface area contributed by atoms with Gasteiger partial charge >= 0.3 is 0 Å². The molecule has 0 radical (unpaired) electrons. The molecule has 0 saturated heterocycles. The second-order valence-corrected chi connectivity index (χ2v) is 4.88. The van der Waals surface area contributed by atoms with Crippen LogP contribution >= 0.6 is 0 Å². The van der Waals surface area contributed by atoms with Crippen LogP contribution in [0.1, 0.15) is 41.0 Å². The summed E-state index contributed by atoms with van der Waals surface area (Å²) in [5.41, 5.74) is -0.0645. The molecule has 1 N–H and O–H groups in total. The predicted octanol–water partition coefficient (Wildman–Crippen LogP) is 2.23. The van der Waals surface area contributed by atoms with Gasteiger partial charge in [0.05, 0.1) is 12.7 Å². The molecule has 0 aromatic rings. The maximum absolute atomic E-state index is 9.95. The maximum atomic E-state index is 9.95. The fourth-order valence-electron chi connectivity index (χ4n) is 1.55. The van der Waals surface area contributed by atoms with Gasteiger partial charge in [0, 0.05) is 13.2 Å². The first-order valence-corrected chi connectivity index (χ1v) is 5.80. The lowest BCUT2D eigenvalue weighted by Crippen LogP contribution is -2.42. The minimum atomic E-state index is -0.545. The van der Waals surface area contributed by atoms with Crippen molar-refractivity contribution in [3.8, 4) is 0 Å². The van der Waals surface area contributed by atoms with Crippen LogP contribution in [0, 0.1) is 5.41 Å². The van der Waals surface area contributed by atoms with Crippen molar-refractivity contribution in [2.45, 2.75) is 53.2 Å². The van der Waals surface area contributed by atoms with Gasteiger partial charge in [-0.05, 0) is 18.8 Å². The van der Waals surface area contributed by atoms with Crippen LogP contribution in [0.2, 0.25) is 0 Å². The third-order valence-electron chi connectivity index (χ3n) is 2.19. The second-order valence-electron chi connectivity index (χ2n) is 4.88. The predicted molar refractivity (Wildman–Crippen MR) is 62.0 cm³/mol. The minimum Gasteiger partial charge on any atom is -0.388 e. The summed E-state index contributed by atoms with van der Waals surface area (Å²) in [4.78, 5) is 0. The number of hydrogen-bond donors (Lipinski definition) is 1. The molecule has 0 saturated carbocycles. The van der Waals surface area contributed by atoms with Crippen LogP contribution < -0.4 is 0 Å². The van der Waals surface area contributed by atoms with Crippen molar-refractivity contribution in [3.05, 3.63) is 0 Å². The van der Waals surface area contributed by atoms with E-state index in [-0.39, 0.29) is 11.5 Å². The molecule has 0 heterocycles. The zero-order chi connectivity index (χ0) is 11.9. The van der Waals surface area contributed by atoms with Gasteiger partial charge in [0.25, 0.3) is 0 Å². The molecule has 0 bridgehead atoms. The van der Waals surface area contributed by atoms with Crippen molar-refractivity contribution in [1.29, 1.82) is 0 Å². The van der Waals surface area contributed by atoms with E-state index in [1.54, 1.807) is 0 Å². The molecule has 0 aromatic carbocycles. The highest BCUT2D eigenvalue weighted by atomic mass is 16.5. The zero-order valence-electron chi connectivity index (χ0n) is 10.7. The number of hydrogen-bond acceptors (Lipinski definition) is 3. The third kappa shape index (κ3) is 6.13. The normalized spacial score (nSPS) is 16.4. The molecule has 0 aliphatic heterocycles. The Morgan fingerprint density at radius 1 is 1.20 bits per heavy atom. The number of ether oxygens (including phenoxy) is 2. The monoisotopic (exact) mass is 218 g/mol. The highest BCUT2D eigenvalue weighted by molar-refractivity contribution is 4.81. The summed E-state index contributed by atoms with van der Waals surface area (Å²) in [6.07, 6.45) is 0.262. The molecule has 92 valence electrons. The van der Waals surface area contributed by atoms with Gasteiger partial charge in [0.1, 0.15) is 6.10 Å². The molecular formula is C12H26O3. The van der Waals surface area contributed by atoms with E-state index < -0.39 is 6.10 Å². The van der Waals surface area contributed by atoms with Gasteiger partial charge < -0.3 is 14.6 Å². The number of rotatable bonds is 7. The van der Waals surface area contributed by atoms with Gasteiger partial charge in [-0.1, -0.05) is 27.7 Å². The Kier molecular flexibility index (Phi) is 7.14. The number of aliphatic hydroxyl groups excluding tert-OH is 1. The lowest BCUT2D eigenvalue weighted by Gasteiger charge is -2.33. The Balaban J connectivity index is 4.11. The van der Waals surface area contributed by atoms with Gasteiger partial charge in [0.2, 0.25) is 0 Å². The zero-order valence-corrected chi connectivity index (χ0v) is 10.7. The van der Waals surface area contributed by atoms with Crippen molar-refractivity contribution >= 4 is 0 Å². The fourth-order valence-corrected chi connectivity index (χ4v) is 1.55. The highest BCUT2D eigenvalue weighted by Crippen LogP contribution is 2.25. The molecule has 3 nitrogen and oxygen atoms in total. The van der Waals surface area contributed by atoms with Crippen LogP contribution in [0.5, 0.6) is 0 Å². The second kappa shape index (κ2) is 7.20. The van der Waals surface area contributed by atoms with Crippen molar-refractivity contribution in [1.82, 2.24) is 0 Å². The maximum Gasteiger partial charge on any atom is 0.104 e. The standard InChI is InChI=1S/C12H26O3/c1-6-8-14-9-10(13)11(15-7-2)12(3,4)5/h10-11,13H,6-9H2,1-5H3. The van der Waals surface area contributed by atoms with E-state index in [0.717, 1.165) is 6.42 Å². The third-order valence-corrected chi connectivity index (χ3v) is 2.19. The van der Waals surface area contributed by atoms with E-state index in [2.05, 4.69) is 27.7 Å². The molecule has 0 spiro atoms. The first-order valence-electron chi connectivity index (χ1n) is 5.80. The lowest BCUT2D eigenvalue weighted by atomic mass is 9.86. The summed E-state index contributed by atoms with van der Waals surface area (Å²) >= 11 is 0. The highest BCUT2D eigenvalue weighted by Gasteiger charge is 2.31. The summed E-state index contributed by atoms with van der Waals surface area (Å²) in [5, 5.41) is 9.95. The summed E-state index contributed by atoms with van der Waals surface area (Å²) < 4.78 is 10.9. The Morgan fingerprint density at radius 2 is 1.80 bits per heavy atom. The van der Waals surface area contributed by atoms with E-state index in [1.165, 1.54) is 0 Å². The number of aliphatic hydroxyl groups is 1. The molecule has 2 unspecified atom stereocenters. The van der Waals surface area contributed by atoms with E-state index in [0.29, 0.717) is 19.8 Å². The first kappa shape index (κ1) is 14.9. The SMILES string of the molecule is CCCOCC(O)C(OCC)C(C)(C)C. The quantitative estimate of drug-likeness (QED) is 0.666. The summed E-state index contributed by atoms with van der Waals surface area (Å²) in [5.74, 6) is 0. The largest absolute Gasteiger partial charge is 0.388 e. The molecule has 0 aromatic heterocycles. The average Bonchev–Trinajstić information content (AvgIpc) is 2.12. The van der Waals surface area contributed by atoms with E-state index in [4.69, 9.17) is 9.47 Å². The van der Waals surface area contributed by atoms with Gasteiger partial charge in [-0.2, -0.15) is 0 Å². The minimum absolute atomic E-state index is 0.0645. The molecule has 0 rings (SSSR count). The van der Waals surface area contributed by atoms with E-state index >= 15 is 0 Å². The van der Waals surface area contributed by atoms with Crippen LogP contribution in [-0.2, 0) is 9.47 Å². The summed E-state index contributed by atoms with van der Waals surface area (Å²) in [7, 11) is 0. The molecule has 0 amide bonds. The van der Waals surface area contributed by atoms with Gasteiger partial charge in [0.15, 0.2) is 0 Å². The van der Waals surface area contributed by atoms with Gasteiger partial charge in [-0.3, -0.25) is 0 Å². The van der Waals surface area contributed by atoms with E-state index in [9.17, 15) is 5.11 Å². The smallest absolute Gasteiger partial charge is 0.104 e. The Morgan fingerprint density at radius 3 is 2.20 bits per heavy atom. The Hall–Kier alpha value is -0.120. The van der Waals surface area contributed by atoms with Crippen molar-refractivity contribution in [3.63, 3.8) is 0 Å². The van der Waals surface area contributed by atoms with Crippen LogP contribution in [0.3, 0.4) is 0 Å². The molecule has 15 heavy (non-hydrogen) atoms. The van der Waals surface area contributed by atoms with Crippen LogP contribution in [0.25, 0.3) is 0 Å². The van der Waals surface area contributed by atoms with Crippen LogP contribution in [0.4, 0.5) is 0 Å². The van der Waals surface area contributed by atoms with Crippen molar-refractivity contribution < 1.29 is 14.6 Å². The Bertz CT molecular complexity index is 151. The summed E-state index contributed by atoms with van der Waals surface area (Å²) in [6, 6.07) is 0. The molecular weight excluding hydrogens is 192 g/mol. The molecule has 3 heteroatoms. The molecule has 0 fully saturated rings. The summed E-state index contributed by atoms with van der Waals surface area (Å²) in [6.45, 7) is 11.9. The molecule has 2 atom stereocenters. The van der Waals surface area contributed by atoms with Crippen LogP contribution in [0.15, 0.2) is 0 Å². The van der Waals surface area contributed by atoms with Crippen LogP contribution in [-0.4, -0.2) is 37.1 Å². The average molecular weight is 218 g/mol. The van der Waals surface area contributed by atoms with Crippen molar-refractivity contribution in [2.75, 3.05) is 19.8 Å². The Labute approximate surface area is 93.8 Å². The first-order chi connectivity index (χ1) is 6.93. The fraction of sp³-hybridized carbons (Fsp3) is 1.00. The molecule has 0 aliphatic carbocycles. The van der Waals surface area contributed by atoms with Gasteiger partial charge in [-0.15, -0.1) is 0 Å². The van der Waals surface area contributed by atoms with Gasteiger partial charge in [-0.25, -0.2) is 0 Å².